The maximum atomic E-state index is 11.0. The molecule has 1 aromatic carbocycles. The third kappa shape index (κ3) is 7.31. The normalized spacial score (nSPS) is 18.3. The summed E-state index contributed by atoms with van der Waals surface area (Å²) in [7, 11) is 1.40. The summed E-state index contributed by atoms with van der Waals surface area (Å²) < 4.78 is 10.4. The third-order valence-electron chi connectivity index (χ3n) is 4.88. The molecule has 0 amide bonds. The second-order valence-electron chi connectivity index (χ2n) is 7.09. The smallest absolute Gasteiger partial charge is 0.348 e. The molecule has 0 saturated heterocycles. The van der Waals surface area contributed by atoms with Crippen molar-refractivity contribution >= 4 is 40.5 Å². The lowest BCUT2D eigenvalue weighted by Crippen LogP contribution is -2.14. The summed E-state index contributed by atoms with van der Waals surface area (Å²) in [6.45, 7) is 5.20. The largest absolute Gasteiger partial charge is 0.493 e. The molecule has 2 unspecified atom stereocenters. The quantitative estimate of drug-likeness (QED) is 0.440. The van der Waals surface area contributed by atoms with Gasteiger partial charge in [-0.15, -0.1) is 11.3 Å². The SMILES string of the molecule is CC1CCCC1COc1cc(Cl)cc(Cl)c1.CCCc1ccc(C(=O)OC)s1. The molecule has 6 heteroatoms. The summed E-state index contributed by atoms with van der Waals surface area (Å²) in [5, 5.41) is 1.25. The molecule has 0 bridgehead atoms. The Kier molecular flexibility index (Phi) is 9.63. The van der Waals surface area contributed by atoms with E-state index in [-0.39, 0.29) is 5.97 Å². The van der Waals surface area contributed by atoms with E-state index in [1.807, 2.05) is 24.3 Å². The number of rotatable bonds is 6. The number of thiophene rings is 1. The van der Waals surface area contributed by atoms with Gasteiger partial charge in [-0.05, 0) is 55.0 Å². The van der Waals surface area contributed by atoms with E-state index >= 15 is 0 Å². The Balaban J connectivity index is 0.000000209. The van der Waals surface area contributed by atoms with Crippen LogP contribution >= 0.6 is 34.5 Å². The zero-order chi connectivity index (χ0) is 20.5. The average Bonchev–Trinajstić information content (AvgIpc) is 3.28. The summed E-state index contributed by atoms with van der Waals surface area (Å²) in [5.74, 6) is 1.99. The highest BCUT2D eigenvalue weighted by Gasteiger charge is 2.23. The van der Waals surface area contributed by atoms with E-state index in [1.54, 1.807) is 6.07 Å². The molecule has 2 aromatic rings. The zero-order valence-electron chi connectivity index (χ0n) is 16.7. The van der Waals surface area contributed by atoms with Crippen molar-refractivity contribution in [3.63, 3.8) is 0 Å². The molecule has 28 heavy (non-hydrogen) atoms. The van der Waals surface area contributed by atoms with Crippen molar-refractivity contribution in [3.8, 4) is 5.75 Å². The van der Waals surface area contributed by atoms with Crippen LogP contribution in [-0.2, 0) is 11.2 Å². The van der Waals surface area contributed by atoms with Crippen LogP contribution in [0, 0.1) is 11.8 Å². The molecule has 1 fully saturated rings. The highest BCUT2D eigenvalue weighted by atomic mass is 35.5. The standard InChI is InChI=1S/C13H16Cl2O.C9H12O2S/c1-9-3-2-4-10(9)8-16-13-6-11(14)5-12(15)7-13;1-3-4-7-5-6-8(12-7)9(10)11-2/h5-7,9-10H,2-4,8H2,1H3;5-6H,3-4H2,1-2H3. The van der Waals surface area contributed by atoms with E-state index in [0.29, 0.717) is 20.8 Å². The molecule has 1 aromatic heterocycles. The highest BCUT2D eigenvalue weighted by molar-refractivity contribution is 7.13. The van der Waals surface area contributed by atoms with Gasteiger partial charge in [-0.2, -0.15) is 0 Å². The molecule has 154 valence electrons. The number of benzene rings is 1. The topological polar surface area (TPSA) is 35.5 Å². The number of carbonyl (C=O) groups excluding carboxylic acids is 1. The molecule has 2 atom stereocenters. The summed E-state index contributed by atoms with van der Waals surface area (Å²) in [5.41, 5.74) is 0. The van der Waals surface area contributed by atoms with Crippen LogP contribution in [0.15, 0.2) is 30.3 Å². The van der Waals surface area contributed by atoms with Crippen molar-refractivity contribution in [3.05, 3.63) is 50.1 Å². The number of aryl methyl sites for hydroxylation is 1. The summed E-state index contributed by atoms with van der Waals surface area (Å²) >= 11 is 13.3. The van der Waals surface area contributed by atoms with Crippen LogP contribution in [0.2, 0.25) is 10.0 Å². The van der Waals surface area contributed by atoms with Gasteiger partial charge in [0.25, 0.3) is 0 Å². The Morgan fingerprint density at radius 1 is 1.18 bits per heavy atom. The second kappa shape index (κ2) is 11.7. The number of esters is 1. The minimum atomic E-state index is -0.234. The van der Waals surface area contributed by atoms with Gasteiger partial charge >= 0.3 is 5.97 Å². The molecule has 0 N–H and O–H groups in total. The fraction of sp³-hybridized carbons (Fsp3) is 0.500. The minimum absolute atomic E-state index is 0.234. The minimum Gasteiger partial charge on any atom is -0.493 e. The van der Waals surface area contributed by atoms with Gasteiger partial charge < -0.3 is 9.47 Å². The summed E-state index contributed by atoms with van der Waals surface area (Å²) in [6, 6.07) is 9.15. The molecule has 1 aliphatic carbocycles. The predicted molar refractivity (Wildman–Crippen MR) is 118 cm³/mol. The van der Waals surface area contributed by atoms with E-state index in [9.17, 15) is 4.79 Å². The number of hydrogen-bond acceptors (Lipinski definition) is 4. The lowest BCUT2D eigenvalue weighted by atomic mass is 9.99. The van der Waals surface area contributed by atoms with Gasteiger partial charge in [0.15, 0.2) is 0 Å². The van der Waals surface area contributed by atoms with Crippen molar-refractivity contribution in [1.29, 1.82) is 0 Å². The first-order valence-corrected chi connectivity index (χ1v) is 11.3. The molecule has 0 radical (unpaired) electrons. The molecule has 1 heterocycles. The lowest BCUT2D eigenvalue weighted by Gasteiger charge is -2.16. The molecule has 3 rings (SSSR count). The average molecular weight is 443 g/mol. The van der Waals surface area contributed by atoms with Crippen LogP contribution in [0.5, 0.6) is 5.75 Å². The number of carbonyl (C=O) groups is 1. The van der Waals surface area contributed by atoms with E-state index in [2.05, 4.69) is 18.6 Å². The van der Waals surface area contributed by atoms with Gasteiger partial charge in [0.1, 0.15) is 10.6 Å². The van der Waals surface area contributed by atoms with Gasteiger partial charge in [-0.25, -0.2) is 4.79 Å². The Bertz CT molecular complexity index is 740. The van der Waals surface area contributed by atoms with Crippen molar-refractivity contribution in [2.45, 2.75) is 46.0 Å². The monoisotopic (exact) mass is 442 g/mol. The van der Waals surface area contributed by atoms with Crippen LogP contribution < -0.4 is 4.74 Å². The fourth-order valence-corrected chi connectivity index (χ4v) is 4.79. The van der Waals surface area contributed by atoms with Gasteiger partial charge in [0.2, 0.25) is 0 Å². The van der Waals surface area contributed by atoms with Gasteiger partial charge in [0.05, 0.1) is 13.7 Å². The number of hydrogen-bond donors (Lipinski definition) is 0. The first-order valence-electron chi connectivity index (χ1n) is 9.68. The van der Waals surface area contributed by atoms with Crippen molar-refractivity contribution in [2.75, 3.05) is 13.7 Å². The van der Waals surface area contributed by atoms with Crippen LogP contribution in [0.1, 0.15) is 54.1 Å². The van der Waals surface area contributed by atoms with Crippen molar-refractivity contribution < 1.29 is 14.3 Å². The number of ether oxygens (including phenoxy) is 2. The Hall–Kier alpha value is -1.23. The molecule has 0 spiro atoms. The second-order valence-corrected chi connectivity index (χ2v) is 9.13. The first-order chi connectivity index (χ1) is 13.4. The van der Waals surface area contributed by atoms with E-state index in [0.717, 1.165) is 31.1 Å². The van der Waals surface area contributed by atoms with Gasteiger partial charge in [-0.1, -0.05) is 56.3 Å². The number of halogens is 2. The lowest BCUT2D eigenvalue weighted by molar-refractivity contribution is 0.0606. The van der Waals surface area contributed by atoms with Crippen LogP contribution in [0.4, 0.5) is 0 Å². The zero-order valence-corrected chi connectivity index (χ0v) is 19.0. The van der Waals surface area contributed by atoms with E-state index < -0.39 is 0 Å². The highest BCUT2D eigenvalue weighted by Crippen LogP contribution is 2.32. The maximum Gasteiger partial charge on any atom is 0.348 e. The fourth-order valence-electron chi connectivity index (χ4n) is 3.25. The number of methoxy groups -OCH3 is 1. The molecule has 1 aliphatic rings. The molecular formula is C22H28Cl2O3S. The maximum absolute atomic E-state index is 11.0. The van der Waals surface area contributed by atoms with Gasteiger partial charge in [0, 0.05) is 14.9 Å². The Labute approximate surface area is 182 Å². The van der Waals surface area contributed by atoms with Crippen LogP contribution in [0.3, 0.4) is 0 Å². The van der Waals surface area contributed by atoms with Gasteiger partial charge in [-0.3, -0.25) is 0 Å². The Morgan fingerprint density at radius 2 is 1.89 bits per heavy atom. The molecule has 3 nitrogen and oxygen atoms in total. The first kappa shape index (κ1) is 23.1. The molecular weight excluding hydrogens is 415 g/mol. The van der Waals surface area contributed by atoms with E-state index in [1.165, 1.54) is 42.6 Å². The molecule has 1 saturated carbocycles. The molecule has 0 aliphatic heterocycles. The summed E-state index contributed by atoms with van der Waals surface area (Å²) in [4.78, 5) is 13.0. The van der Waals surface area contributed by atoms with Crippen molar-refractivity contribution in [1.82, 2.24) is 0 Å². The van der Waals surface area contributed by atoms with E-state index in [4.69, 9.17) is 27.9 Å². The third-order valence-corrected chi connectivity index (χ3v) is 6.45. The Morgan fingerprint density at radius 3 is 2.46 bits per heavy atom. The van der Waals surface area contributed by atoms with Crippen LogP contribution in [-0.4, -0.2) is 19.7 Å². The van der Waals surface area contributed by atoms with Crippen molar-refractivity contribution in [2.24, 2.45) is 11.8 Å². The van der Waals surface area contributed by atoms with Crippen LogP contribution in [0.25, 0.3) is 0 Å². The summed E-state index contributed by atoms with van der Waals surface area (Å²) in [6.07, 6.45) is 6.08. The predicted octanol–water partition coefficient (Wildman–Crippen LogP) is 7.30.